The number of hydroxylamine groups is 1. The van der Waals surface area contributed by atoms with E-state index in [0.717, 1.165) is 11.3 Å². The average Bonchev–Trinajstić information content (AvgIpc) is 3.09. The minimum absolute atomic E-state index is 0. The zero-order valence-electron chi connectivity index (χ0n) is 15.1. The van der Waals surface area contributed by atoms with Gasteiger partial charge in [-0.1, -0.05) is 23.7 Å². The number of benzene rings is 1. The maximum atomic E-state index is 11.6. The number of carbonyl (C=O) groups excluding carboxylic acids is 1. The van der Waals surface area contributed by atoms with E-state index < -0.39 is 12.0 Å². The maximum absolute atomic E-state index is 11.6. The van der Waals surface area contributed by atoms with Crippen molar-refractivity contribution >= 4 is 29.9 Å². The van der Waals surface area contributed by atoms with Gasteiger partial charge in [-0.25, -0.2) is 5.48 Å². The summed E-state index contributed by atoms with van der Waals surface area (Å²) in [5, 5.41) is 14.2. The third kappa shape index (κ3) is 5.99. The first-order valence-corrected chi connectivity index (χ1v) is 8.57. The van der Waals surface area contributed by atoms with E-state index in [0.29, 0.717) is 11.4 Å². The molecule has 0 radical (unpaired) electrons. The largest absolute Gasteiger partial charge is 0.380 e. The molecule has 0 aliphatic carbocycles. The van der Waals surface area contributed by atoms with Crippen LogP contribution in [0, 0.1) is 0 Å². The first kappa shape index (κ1) is 22.4. The molecule has 1 heterocycles. The zero-order chi connectivity index (χ0) is 18.4. The van der Waals surface area contributed by atoms with Crippen LogP contribution in [0.2, 0.25) is 5.02 Å². The van der Waals surface area contributed by atoms with Crippen LogP contribution in [0.15, 0.2) is 36.5 Å². The Morgan fingerprint density at radius 1 is 1.31 bits per heavy atom. The van der Waals surface area contributed by atoms with E-state index in [1.165, 1.54) is 0 Å². The second-order valence-corrected chi connectivity index (χ2v) is 6.70. The summed E-state index contributed by atoms with van der Waals surface area (Å²) in [5.74, 6) is -0.625. The number of hydrogen-bond donors (Lipinski definition) is 2. The molecule has 2 N–H and O–H groups in total. The highest BCUT2D eigenvalue weighted by atomic mass is 35.5. The van der Waals surface area contributed by atoms with Crippen LogP contribution in [-0.4, -0.2) is 34.1 Å². The Hall–Kier alpha value is -1.60. The number of ether oxygens (including phenoxy) is 1. The molecule has 6 nitrogen and oxygen atoms in total. The fourth-order valence-corrected chi connectivity index (χ4v) is 2.88. The topological polar surface area (TPSA) is 76.4 Å². The highest BCUT2D eigenvalue weighted by Gasteiger charge is 2.28. The Balaban J connectivity index is 0.00000338. The van der Waals surface area contributed by atoms with Crippen molar-refractivity contribution in [1.29, 1.82) is 0 Å². The third-order valence-corrected chi connectivity index (χ3v) is 4.42. The lowest BCUT2D eigenvalue weighted by Gasteiger charge is -2.24. The molecule has 0 saturated carbocycles. The van der Waals surface area contributed by atoms with E-state index >= 15 is 0 Å². The van der Waals surface area contributed by atoms with E-state index in [1.807, 2.05) is 41.2 Å². The predicted molar refractivity (Wildman–Crippen MR) is 103 cm³/mol. The molecule has 26 heavy (non-hydrogen) atoms. The summed E-state index contributed by atoms with van der Waals surface area (Å²) < 4.78 is 7.44. The molecule has 0 aliphatic heterocycles. The Morgan fingerprint density at radius 3 is 2.46 bits per heavy atom. The monoisotopic (exact) mass is 401 g/mol. The number of hydrogen-bond acceptors (Lipinski definition) is 4. The molecular weight excluding hydrogens is 377 g/mol. The molecule has 1 amide bonds. The normalized spacial score (nSPS) is 13.2. The van der Waals surface area contributed by atoms with Crippen molar-refractivity contribution in [3.8, 4) is 0 Å². The third-order valence-electron chi connectivity index (χ3n) is 4.17. The van der Waals surface area contributed by atoms with Crippen molar-refractivity contribution < 1.29 is 14.7 Å². The molecule has 2 atom stereocenters. The molecule has 144 valence electrons. The van der Waals surface area contributed by atoms with Crippen LogP contribution in [0.5, 0.6) is 0 Å². The lowest BCUT2D eigenvalue weighted by atomic mass is 9.89. The number of carbonyl (C=O) groups is 1. The summed E-state index contributed by atoms with van der Waals surface area (Å²) in [5.41, 5.74) is 3.59. The van der Waals surface area contributed by atoms with E-state index in [2.05, 4.69) is 18.9 Å². The highest BCUT2D eigenvalue weighted by molar-refractivity contribution is 6.30. The number of methoxy groups -OCH3 is 1. The Bertz CT molecular complexity index is 689. The fraction of sp³-hybridized carbons (Fsp3) is 0.444. The van der Waals surface area contributed by atoms with Gasteiger partial charge in [0.15, 0.2) is 0 Å². The van der Waals surface area contributed by atoms with Gasteiger partial charge in [0.25, 0.3) is 0 Å². The first-order chi connectivity index (χ1) is 11.9. The molecule has 0 unspecified atom stereocenters. The van der Waals surface area contributed by atoms with Crippen molar-refractivity contribution in [2.24, 2.45) is 0 Å². The van der Waals surface area contributed by atoms with Gasteiger partial charge >= 0.3 is 0 Å². The Labute approximate surface area is 164 Å². The minimum atomic E-state index is -0.490. The summed E-state index contributed by atoms with van der Waals surface area (Å²) in [6, 6.07) is 9.77. The molecule has 2 rings (SSSR count). The van der Waals surface area contributed by atoms with Crippen LogP contribution >= 0.6 is 24.0 Å². The van der Waals surface area contributed by atoms with Crippen molar-refractivity contribution in [2.45, 2.75) is 44.8 Å². The van der Waals surface area contributed by atoms with Crippen LogP contribution in [0.25, 0.3) is 0 Å². The van der Waals surface area contributed by atoms with Gasteiger partial charge in [-0.05, 0) is 44.0 Å². The van der Waals surface area contributed by atoms with Gasteiger partial charge in [0.2, 0.25) is 5.91 Å². The fourth-order valence-electron chi connectivity index (χ4n) is 2.76. The lowest BCUT2D eigenvalue weighted by Crippen LogP contribution is -2.31. The molecule has 1 aromatic heterocycles. The number of halogens is 2. The van der Waals surface area contributed by atoms with E-state index in [4.69, 9.17) is 21.5 Å². The van der Waals surface area contributed by atoms with Crippen LogP contribution in [0.4, 0.5) is 0 Å². The second kappa shape index (κ2) is 10.5. The van der Waals surface area contributed by atoms with Gasteiger partial charge in [-0.2, -0.15) is 5.10 Å². The summed E-state index contributed by atoms with van der Waals surface area (Å²) in [4.78, 5) is 11.6. The quantitative estimate of drug-likeness (QED) is 0.521. The van der Waals surface area contributed by atoms with Gasteiger partial charge in [0.05, 0.1) is 18.2 Å². The predicted octanol–water partition coefficient (Wildman–Crippen LogP) is 3.78. The molecule has 8 heteroatoms. The summed E-state index contributed by atoms with van der Waals surface area (Å²) in [7, 11) is 1.56. The van der Waals surface area contributed by atoms with Crippen molar-refractivity contribution in [1.82, 2.24) is 15.3 Å². The highest BCUT2D eigenvalue weighted by Crippen LogP contribution is 2.28. The molecule has 0 spiro atoms. The lowest BCUT2D eigenvalue weighted by molar-refractivity contribution is -0.132. The van der Waals surface area contributed by atoms with Gasteiger partial charge < -0.3 is 4.74 Å². The van der Waals surface area contributed by atoms with Gasteiger partial charge in [0.1, 0.15) is 0 Å². The van der Waals surface area contributed by atoms with Crippen molar-refractivity contribution in [3.05, 3.63) is 52.8 Å². The van der Waals surface area contributed by atoms with Gasteiger partial charge in [-0.3, -0.25) is 14.7 Å². The van der Waals surface area contributed by atoms with Crippen LogP contribution in [-0.2, 0) is 16.0 Å². The number of nitrogens with zero attached hydrogens (tertiary/aromatic N) is 2. The molecule has 0 fully saturated rings. The second-order valence-electron chi connectivity index (χ2n) is 6.26. The van der Waals surface area contributed by atoms with Gasteiger partial charge in [0, 0.05) is 30.3 Å². The Morgan fingerprint density at radius 2 is 1.96 bits per heavy atom. The van der Waals surface area contributed by atoms with Crippen LogP contribution in [0.1, 0.15) is 43.5 Å². The first-order valence-electron chi connectivity index (χ1n) is 8.19. The number of rotatable bonds is 8. The van der Waals surface area contributed by atoms with Crippen LogP contribution < -0.4 is 5.48 Å². The molecular formula is C18H25Cl2N3O3. The smallest absolute Gasteiger partial charge is 0.245 e. The SMILES string of the molecule is CO[C@H](CC(=O)NO)[C@H](Cc1ccc(Cl)cc1)c1ccn(C(C)C)n1.Cl. The summed E-state index contributed by atoms with van der Waals surface area (Å²) >= 11 is 5.96. The molecule has 1 aromatic carbocycles. The van der Waals surface area contributed by atoms with Crippen molar-refractivity contribution in [3.63, 3.8) is 0 Å². The molecule has 2 aromatic rings. The minimum Gasteiger partial charge on any atom is -0.380 e. The summed E-state index contributed by atoms with van der Waals surface area (Å²) in [6.45, 7) is 4.11. The Kier molecular flexibility index (Phi) is 9.08. The number of nitrogens with one attached hydrogen (secondary N) is 1. The summed E-state index contributed by atoms with van der Waals surface area (Å²) in [6.07, 6.45) is 2.19. The average molecular weight is 402 g/mol. The molecule has 0 bridgehead atoms. The van der Waals surface area contributed by atoms with E-state index in [1.54, 1.807) is 12.6 Å². The van der Waals surface area contributed by atoms with Crippen LogP contribution in [0.3, 0.4) is 0 Å². The zero-order valence-corrected chi connectivity index (χ0v) is 16.6. The van der Waals surface area contributed by atoms with E-state index in [9.17, 15) is 4.79 Å². The number of amides is 1. The van der Waals surface area contributed by atoms with E-state index in [-0.39, 0.29) is 30.8 Å². The molecule has 0 aliphatic rings. The van der Waals surface area contributed by atoms with Gasteiger partial charge in [-0.15, -0.1) is 12.4 Å². The molecule has 0 saturated heterocycles. The maximum Gasteiger partial charge on any atom is 0.245 e. The standard InChI is InChI=1S/C18H24ClN3O3.ClH/c1-12(2)22-9-8-16(20-22)15(17(25-3)11-18(23)21-24)10-13-4-6-14(19)7-5-13;/h4-9,12,15,17,24H,10-11H2,1-3H3,(H,21,23);1H/t15-,17-;/m1./s1. The van der Waals surface area contributed by atoms with Crippen molar-refractivity contribution in [2.75, 3.05) is 7.11 Å². The number of aromatic nitrogens is 2.